The molecule has 2 aromatic carbocycles. The maximum atomic E-state index is 12.3. The summed E-state index contributed by atoms with van der Waals surface area (Å²) in [5.74, 6) is -1.14. The third kappa shape index (κ3) is 4.87. The van der Waals surface area contributed by atoms with Gasteiger partial charge in [-0.25, -0.2) is 4.79 Å². The van der Waals surface area contributed by atoms with Crippen LogP contribution in [0.1, 0.15) is 22.8 Å². The van der Waals surface area contributed by atoms with Gasteiger partial charge < -0.3 is 9.64 Å². The van der Waals surface area contributed by atoms with E-state index >= 15 is 0 Å². The molecule has 0 bridgehead atoms. The number of non-ortho nitro benzene ring substituents is 1. The first-order valence-electron chi connectivity index (χ1n) is 7.63. The Kier molecular flexibility index (Phi) is 5.84. The van der Waals surface area contributed by atoms with Gasteiger partial charge in [0, 0.05) is 25.7 Å². The van der Waals surface area contributed by atoms with Gasteiger partial charge in [0.15, 0.2) is 6.10 Å². The quantitative estimate of drug-likeness (QED) is 0.457. The highest BCUT2D eigenvalue weighted by molar-refractivity contribution is 5.92. The lowest BCUT2D eigenvalue weighted by molar-refractivity contribution is -0.384. The Balaban J connectivity index is 1.99. The molecular weight excluding hydrogens is 324 g/mol. The van der Waals surface area contributed by atoms with Crippen LogP contribution in [0.15, 0.2) is 54.6 Å². The second-order valence-corrected chi connectivity index (χ2v) is 5.53. The van der Waals surface area contributed by atoms with E-state index in [0.29, 0.717) is 6.54 Å². The third-order valence-corrected chi connectivity index (χ3v) is 3.56. The van der Waals surface area contributed by atoms with Gasteiger partial charge >= 0.3 is 5.97 Å². The average molecular weight is 342 g/mol. The van der Waals surface area contributed by atoms with Crippen molar-refractivity contribution in [2.75, 3.05) is 7.05 Å². The molecule has 7 heteroatoms. The normalized spacial score (nSPS) is 11.4. The molecule has 2 aromatic rings. The van der Waals surface area contributed by atoms with E-state index in [9.17, 15) is 19.7 Å². The number of benzene rings is 2. The second kappa shape index (κ2) is 8.05. The summed E-state index contributed by atoms with van der Waals surface area (Å²) in [5.41, 5.74) is 0.768. The van der Waals surface area contributed by atoms with Crippen molar-refractivity contribution in [3.63, 3.8) is 0 Å². The number of carbonyl (C=O) groups is 2. The van der Waals surface area contributed by atoms with Gasteiger partial charge in [-0.15, -0.1) is 0 Å². The molecule has 2 rings (SSSR count). The molecule has 0 radical (unpaired) electrons. The lowest BCUT2D eigenvalue weighted by Crippen LogP contribution is -2.37. The van der Waals surface area contributed by atoms with Gasteiger partial charge in [-0.05, 0) is 18.6 Å². The summed E-state index contributed by atoms with van der Waals surface area (Å²) in [6, 6.07) is 14.6. The molecule has 0 aromatic heterocycles. The van der Waals surface area contributed by atoms with Crippen molar-refractivity contribution in [2.24, 2.45) is 0 Å². The number of amides is 1. The SMILES string of the molecule is CC(OC(=O)c1cccc([N+](=O)[O-])c1)C(=O)N(C)Cc1ccccc1. The zero-order chi connectivity index (χ0) is 18.4. The van der Waals surface area contributed by atoms with Crippen LogP contribution in [0.25, 0.3) is 0 Å². The molecular formula is C18H18N2O5. The molecule has 25 heavy (non-hydrogen) atoms. The number of ether oxygens (including phenoxy) is 1. The molecule has 0 saturated heterocycles. The Morgan fingerprint density at radius 2 is 1.84 bits per heavy atom. The minimum Gasteiger partial charge on any atom is -0.449 e. The minimum atomic E-state index is -1.000. The van der Waals surface area contributed by atoms with Gasteiger partial charge in [0.25, 0.3) is 11.6 Å². The Bertz CT molecular complexity index is 776. The summed E-state index contributed by atoms with van der Waals surface area (Å²) in [5, 5.41) is 10.8. The first kappa shape index (κ1) is 18.1. The minimum absolute atomic E-state index is 0.0274. The number of carbonyl (C=O) groups excluding carboxylic acids is 2. The Labute approximate surface area is 145 Å². The number of nitro benzene ring substituents is 1. The fourth-order valence-electron chi connectivity index (χ4n) is 2.27. The van der Waals surface area contributed by atoms with Crippen molar-refractivity contribution in [3.8, 4) is 0 Å². The number of hydrogen-bond donors (Lipinski definition) is 0. The van der Waals surface area contributed by atoms with E-state index in [1.807, 2.05) is 30.3 Å². The summed E-state index contributed by atoms with van der Waals surface area (Å²) >= 11 is 0. The molecule has 0 N–H and O–H groups in total. The maximum Gasteiger partial charge on any atom is 0.339 e. The van der Waals surface area contributed by atoms with Crippen LogP contribution in [0.2, 0.25) is 0 Å². The summed E-state index contributed by atoms with van der Waals surface area (Å²) < 4.78 is 5.14. The first-order chi connectivity index (χ1) is 11.9. The average Bonchev–Trinajstić information content (AvgIpc) is 2.61. The van der Waals surface area contributed by atoms with Crippen LogP contribution < -0.4 is 0 Å². The van der Waals surface area contributed by atoms with Crippen molar-refractivity contribution >= 4 is 17.6 Å². The highest BCUT2D eigenvalue weighted by Gasteiger charge is 2.23. The molecule has 1 unspecified atom stereocenters. The van der Waals surface area contributed by atoms with E-state index < -0.39 is 17.0 Å². The number of likely N-dealkylation sites (N-methyl/N-ethyl adjacent to an activating group) is 1. The molecule has 7 nitrogen and oxygen atoms in total. The van der Waals surface area contributed by atoms with E-state index in [4.69, 9.17) is 4.74 Å². The molecule has 130 valence electrons. The number of esters is 1. The van der Waals surface area contributed by atoms with Crippen LogP contribution in [0.3, 0.4) is 0 Å². The van der Waals surface area contributed by atoms with Crippen LogP contribution in [-0.2, 0) is 16.1 Å². The summed E-state index contributed by atoms with van der Waals surface area (Å²) in [4.78, 5) is 36.1. The predicted octanol–water partition coefficient (Wildman–Crippen LogP) is 2.80. The maximum absolute atomic E-state index is 12.3. The monoisotopic (exact) mass is 342 g/mol. The molecule has 0 saturated carbocycles. The third-order valence-electron chi connectivity index (χ3n) is 3.56. The lowest BCUT2D eigenvalue weighted by atomic mass is 10.2. The van der Waals surface area contributed by atoms with Gasteiger partial charge in [-0.3, -0.25) is 14.9 Å². The van der Waals surface area contributed by atoms with Crippen molar-refractivity contribution in [1.82, 2.24) is 4.90 Å². The molecule has 0 heterocycles. The topological polar surface area (TPSA) is 89.7 Å². The van der Waals surface area contributed by atoms with Crippen molar-refractivity contribution in [3.05, 3.63) is 75.8 Å². The zero-order valence-corrected chi connectivity index (χ0v) is 13.9. The van der Waals surface area contributed by atoms with E-state index in [1.165, 1.54) is 30.0 Å². The molecule has 0 spiro atoms. The van der Waals surface area contributed by atoms with Crippen LogP contribution in [0.5, 0.6) is 0 Å². The first-order valence-corrected chi connectivity index (χ1v) is 7.63. The van der Waals surface area contributed by atoms with E-state index in [0.717, 1.165) is 11.6 Å². The van der Waals surface area contributed by atoms with Crippen LogP contribution in [-0.4, -0.2) is 34.9 Å². The number of nitrogens with zero attached hydrogens (tertiary/aromatic N) is 2. The smallest absolute Gasteiger partial charge is 0.339 e. The lowest BCUT2D eigenvalue weighted by Gasteiger charge is -2.21. The Morgan fingerprint density at radius 3 is 2.48 bits per heavy atom. The molecule has 1 atom stereocenters. The fourth-order valence-corrected chi connectivity index (χ4v) is 2.27. The van der Waals surface area contributed by atoms with Crippen molar-refractivity contribution in [2.45, 2.75) is 19.6 Å². The van der Waals surface area contributed by atoms with Crippen LogP contribution >= 0.6 is 0 Å². The largest absolute Gasteiger partial charge is 0.449 e. The molecule has 0 aliphatic carbocycles. The van der Waals surface area contributed by atoms with Crippen LogP contribution in [0, 0.1) is 10.1 Å². The van der Waals surface area contributed by atoms with Crippen molar-refractivity contribution < 1.29 is 19.2 Å². The predicted molar refractivity (Wildman–Crippen MR) is 90.9 cm³/mol. The molecule has 0 aliphatic rings. The number of rotatable bonds is 6. The van der Waals surface area contributed by atoms with E-state index in [-0.39, 0.29) is 17.2 Å². The van der Waals surface area contributed by atoms with Gasteiger partial charge in [-0.2, -0.15) is 0 Å². The summed E-state index contributed by atoms with van der Waals surface area (Å²) in [6.45, 7) is 1.86. The number of nitro groups is 1. The summed E-state index contributed by atoms with van der Waals surface area (Å²) in [6.07, 6.45) is -1.000. The van der Waals surface area contributed by atoms with Crippen LogP contribution in [0.4, 0.5) is 5.69 Å². The molecule has 0 fully saturated rings. The highest BCUT2D eigenvalue weighted by atomic mass is 16.6. The van der Waals surface area contributed by atoms with Crippen molar-refractivity contribution in [1.29, 1.82) is 0 Å². The Morgan fingerprint density at radius 1 is 1.16 bits per heavy atom. The Hall–Kier alpha value is -3.22. The van der Waals surface area contributed by atoms with Gasteiger partial charge in [0.1, 0.15) is 0 Å². The highest BCUT2D eigenvalue weighted by Crippen LogP contribution is 2.15. The summed E-state index contributed by atoms with van der Waals surface area (Å²) in [7, 11) is 1.62. The van der Waals surface area contributed by atoms with E-state index in [2.05, 4.69) is 0 Å². The van der Waals surface area contributed by atoms with Gasteiger partial charge in [0.2, 0.25) is 0 Å². The number of hydrogen-bond acceptors (Lipinski definition) is 5. The molecule has 0 aliphatic heterocycles. The molecule has 1 amide bonds. The second-order valence-electron chi connectivity index (χ2n) is 5.53. The zero-order valence-electron chi connectivity index (χ0n) is 13.9. The van der Waals surface area contributed by atoms with Gasteiger partial charge in [0.05, 0.1) is 10.5 Å². The fraction of sp³-hybridized carbons (Fsp3) is 0.222. The van der Waals surface area contributed by atoms with Gasteiger partial charge in [-0.1, -0.05) is 36.4 Å². The van der Waals surface area contributed by atoms with E-state index in [1.54, 1.807) is 7.05 Å². The standard InChI is InChI=1S/C18H18N2O5/c1-13(17(21)19(2)12-14-7-4-3-5-8-14)25-18(22)15-9-6-10-16(11-15)20(23)24/h3-11,13H,12H2,1-2H3.